The van der Waals surface area contributed by atoms with Gasteiger partial charge in [-0.2, -0.15) is 0 Å². The molecule has 1 fully saturated rings. The fraction of sp³-hybridized carbons (Fsp3) is 0.389. The Kier molecular flexibility index (Phi) is 7.68. The summed E-state index contributed by atoms with van der Waals surface area (Å²) in [6, 6.07) is 6.91. The molecule has 26 heavy (non-hydrogen) atoms. The molecule has 0 saturated carbocycles. The minimum atomic E-state index is -1.31. The Morgan fingerprint density at radius 2 is 2.19 bits per heavy atom. The van der Waals surface area contributed by atoms with Crippen molar-refractivity contribution in [3.8, 4) is 0 Å². The van der Waals surface area contributed by atoms with Gasteiger partial charge in [-0.1, -0.05) is 12.1 Å². The highest BCUT2D eigenvalue weighted by molar-refractivity contribution is 7.86. The van der Waals surface area contributed by atoms with Crippen molar-refractivity contribution in [2.24, 2.45) is 10.7 Å². The Balaban J connectivity index is 1.97. The number of nitrogens with two attached hydrogens (primary N) is 1. The number of benzene rings is 1. The highest BCUT2D eigenvalue weighted by atomic mass is 32.2. The van der Waals surface area contributed by atoms with Crippen LogP contribution in [0.15, 0.2) is 41.4 Å². The van der Waals surface area contributed by atoms with Crippen LogP contribution < -0.4 is 11.1 Å². The van der Waals surface area contributed by atoms with E-state index in [4.69, 9.17) is 11.1 Å². The Labute approximate surface area is 156 Å². The number of anilines is 1. The number of nitrogens with one attached hydrogen (secondary N) is 2. The average molecular weight is 375 g/mol. The number of amidine groups is 1. The van der Waals surface area contributed by atoms with Crippen LogP contribution in [0.1, 0.15) is 12.8 Å². The van der Waals surface area contributed by atoms with E-state index >= 15 is 0 Å². The molecule has 0 aliphatic carbocycles. The maximum Gasteiger partial charge on any atom is 0.248 e. The first-order valence-electron chi connectivity index (χ1n) is 8.46. The van der Waals surface area contributed by atoms with Crippen molar-refractivity contribution < 1.29 is 9.00 Å². The van der Waals surface area contributed by atoms with E-state index in [9.17, 15) is 9.00 Å². The van der Waals surface area contributed by atoms with Crippen LogP contribution in [-0.2, 0) is 15.6 Å². The number of hydrogen-bond donors (Lipinski definition) is 3. The summed E-state index contributed by atoms with van der Waals surface area (Å²) in [5.41, 5.74) is 6.96. The van der Waals surface area contributed by atoms with E-state index in [1.807, 2.05) is 6.08 Å². The largest absolute Gasteiger partial charge is 0.386 e. The molecule has 0 bridgehead atoms. The van der Waals surface area contributed by atoms with Gasteiger partial charge < -0.3 is 16.5 Å². The minimum absolute atomic E-state index is 0.106. The second kappa shape index (κ2) is 9.98. The quantitative estimate of drug-likeness (QED) is 0.364. The summed E-state index contributed by atoms with van der Waals surface area (Å²) in [4.78, 5) is 18.5. The molecule has 0 aromatic heterocycles. The zero-order valence-electron chi connectivity index (χ0n) is 14.9. The van der Waals surface area contributed by atoms with Crippen LogP contribution in [0.25, 0.3) is 0 Å². The first kappa shape index (κ1) is 20.0. The van der Waals surface area contributed by atoms with Crippen molar-refractivity contribution in [1.82, 2.24) is 4.90 Å². The molecule has 0 radical (unpaired) electrons. The monoisotopic (exact) mass is 375 g/mol. The van der Waals surface area contributed by atoms with Gasteiger partial charge in [-0.25, -0.2) is 4.99 Å². The lowest BCUT2D eigenvalue weighted by atomic mass is 10.2. The maximum atomic E-state index is 12.0. The summed E-state index contributed by atoms with van der Waals surface area (Å²) in [7, 11) is -1.31. The van der Waals surface area contributed by atoms with E-state index in [-0.39, 0.29) is 11.7 Å². The molecule has 1 aliphatic heterocycles. The molecule has 2 atom stereocenters. The SMILES string of the molecule is CS(=O)C(C=N)C(N)=Nc1cccc(NC(=O)C=CCN2CCCC2)c1. The molecule has 1 aliphatic rings. The fourth-order valence-electron chi connectivity index (χ4n) is 2.68. The Morgan fingerprint density at radius 3 is 2.85 bits per heavy atom. The Bertz CT molecular complexity index is 726. The number of aliphatic imine (C=N–C) groups is 1. The van der Waals surface area contributed by atoms with Gasteiger partial charge in [0.1, 0.15) is 11.1 Å². The van der Waals surface area contributed by atoms with Crippen molar-refractivity contribution >= 4 is 40.1 Å². The summed E-state index contributed by atoms with van der Waals surface area (Å²) in [5.74, 6) is -0.0971. The molecule has 1 saturated heterocycles. The predicted molar refractivity (Wildman–Crippen MR) is 108 cm³/mol. The third-order valence-electron chi connectivity index (χ3n) is 4.00. The van der Waals surface area contributed by atoms with E-state index < -0.39 is 16.0 Å². The number of amides is 1. The molecule has 0 spiro atoms. The van der Waals surface area contributed by atoms with Crippen molar-refractivity contribution in [2.45, 2.75) is 18.1 Å². The molecule has 8 heteroatoms. The number of likely N-dealkylation sites (tertiary alicyclic amines) is 1. The Hall–Kier alpha value is -2.32. The van der Waals surface area contributed by atoms with Gasteiger partial charge in [-0.15, -0.1) is 0 Å². The van der Waals surface area contributed by atoms with Crippen LogP contribution in [0.4, 0.5) is 11.4 Å². The average Bonchev–Trinajstić information content (AvgIpc) is 3.08. The van der Waals surface area contributed by atoms with Crippen LogP contribution in [0.3, 0.4) is 0 Å². The third-order valence-corrected chi connectivity index (χ3v) is 5.10. The molecule has 4 N–H and O–H groups in total. The Morgan fingerprint density at radius 1 is 1.46 bits per heavy atom. The second-order valence-corrected chi connectivity index (χ2v) is 7.58. The lowest BCUT2D eigenvalue weighted by molar-refractivity contribution is -0.111. The summed E-state index contributed by atoms with van der Waals surface area (Å²) in [6.45, 7) is 2.97. The standard InChI is InChI=1S/C18H25N5O2S/c1-26(25)16(13-19)18(20)22-15-7-4-6-14(12-15)21-17(24)8-5-11-23-9-2-3-10-23/h4-8,12-13,16,19H,2-3,9-11H2,1H3,(H2,20,22)(H,21,24). The van der Waals surface area contributed by atoms with Gasteiger partial charge in [0.25, 0.3) is 0 Å². The van der Waals surface area contributed by atoms with E-state index in [0.29, 0.717) is 11.4 Å². The smallest absolute Gasteiger partial charge is 0.248 e. The van der Waals surface area contributed by atoms with Gasteiger partial charge in [-0.3, -0.25) is 13.9 Å². The van der Waals surface area contributed by atoms with Gasteiger partial charge in [0.2, 0.25) is 5.91 Å². The highest BCUT2D eigenvalue weighted by Gasteiger charge is 2.14. The first-order valence-corrected chi connectivity index (χ1v) is 10.1. The molecule has 7 nitrogen and oxygen atoms in total. The molecule has 2 unspecified atom stereocenters. The summed E-state index contributed by atoms with van der Waals surface area (Å²) in [5, 5.41) is 9.37. The first-order chi connectivity index (χ1) is 12.5. The van der Waals surface area contributed by atoms with Gasteiger partial charge >= 0.3 is 0 Å². The predicted octanol–water partition coefficient (Wildman–Crippen LogP) is 1.66. The number of carbonyl (C=O) groups is 1. The number of rotatable bonds is 8. The van der Waals surface area contributed by atoms with E-state index in [1.54, 1.807) is 24.3 Å². The van der Waals surface area contributed by atoms with E-state index in [2.05, 4.69) is 15.2 Å². The minimum Gasteiger partial charge on any atom is -0.386 e. The van der Waals surface area contributed by atoms with Crippen LogP contribution in [0.5, 0.6) is 0 Å². The number of nitrogens with zero attached hydrogens (tertiary/aromatic N) is 2. The van der Waals surface area contributed by atoms with E-state index in [0.717, 1.165) is 25.8 Å². The normalized spacial score (nSPS) is 18.0. The lowest BCUT2D eigenvalue weighted by Crippen LogP contribution is -2.33. The zero-order valence-corrected chi connectivity index (χ0v) is 15.7. The summed E-state index contributed by atoms with van der Waals surface area (Å²) >= 11 is 0. The summed E-state index contributed by atoms with van der Waals surface area (Å²) in [6.07, 6.45) is 8.34. The van der Waals surface area contributed by atoms with Crippen LogP contribution >= 0.6 is 0 Å². The van der Waals surface area contributed by atoms with Gasteiger partial charge in [0, 0.05) is 41.6 Å². The number of carbonyl (C=O) groups excluding carboxylic acids is 1. The highest BCUT2D eigenvalue weighted by Crippen LogP contribution is 2.18. The van der Waals surface area contributed by atoms with Crippen molar-refractivity contribution in [3.05, 3.63) is 36.4 Å². The van der Waals surface area contributed by atoms with Crippen LogP contribution in [0, 0.1) is 5.41 Å². The topological polar surface area (TPSA) is 112 Å². The molecular weight excluding hydrogens is 350 g/mol. The zero-order chi connectivity index (χ0) is 18.9. The van der Waals surface area contributed by atoms with Crippen molar-refractivity contribution in [2.75, 3.05) is 31.2 Å². The van der Waals surface area contributed by atoms with Crippen LogP contribution in [-0.4, -0.2) is 58.2 Å². The molecule has 1 amide bonds. The van der Waals surface area contributed by atoms with Crippen molar-refractivity contribution in [3.63, 3.8) is 0 Å². The number of hydrogen-bond acceptors (Lipinski definition) is 5. The molecule has 140 valence electrons. The second-order valence-electron chi connectivity index (χ2n) is 6.07. The molecule has 1 aromatic rings. The van der Waals surface area contributed by atoms with Gasteiger partial charge in [0.05, 0.1) is 5.69 Å². The van der Waals surface area contributed by atoms with Gasteiger partial charge in [0.15, 0.2) is 0 Å². The summed E-state index contributed by atoms with van der Waals surface area (Å²) < 4.78 is 11.5. The molecule has 1 heterocycles. The van der Waals surface area contributed by atoms with Gasteiger partial charge in [-0.05, 0) is 44.1 Å². The molecule has 2 rings (SSSR count). The third kappa shape index (κ3) is 6.20. The molecule has 1 aromatic carbocycles. The maximum absolute atomic E-state index is 12.0. The fourth-order valence-corrected chi connectivity index (χ4v) is 3.26. The van der Waals surface area contributed by atoms with E-state index in [1.165, 1.54) is 25.2 Å². The van der Waals surface area contributed by atoms with Crippen molar-refractivity contribution in [1.29, 1.82) is 5.41 Å². The molecular formula is C18H25N5O2S. The lowest BCUT2D eigenvalue weighted by Gasteiger charge is -2.10. The van der Waals surface area contributed by atoms with Crippen LogP contribution in [0.2, 0.25) is 0 Å².